The van der Waals surface area contributed by atoms with Gasteiger partial charge in [-0.05, 0) is 69.5 Å². The number of aryl methyl sites for hydroxylation is 1. The largest absolute Gasteiger partial charge is 0.491 e. The van der Waals surface area contributed by atoms with Crippen molar-refractivity contribution in [2.75, 3.05) is 13.1 Å². The summed E-state index contributed by atoms with van der Waals surface area (Å²) in [5, 5.41) is 3.26. The minimum atomic E-state index is -3.44. The van der Waals surface area contributed by atoms with E-state index in [4.69, 9.17) is 4.74 Å². The molecule has 2 unspecified atom stereocenters. The highest BCUT2D eigenvalue weighted by Crippen LogP contribution is 2.42. The van der Waals surface area contributed by atoms with Gasteiger partial charge in [0.2, 0.25) is 10.0 Å². The van der Waals surface area contributed by atoms with E-state index in [1.807, 2.05) is 20.8 Å². The Bertz CT molecular complexity index is 638. The van der Waals surface area contributed by atoms with Crippen LogP contribution in [0.1, 0.15) is 19.4 Å². The normalized spacial score (nSPS) is 26.5. The van der Waals surface area contributed by atoms with Gasteiger partial charge in [0.15, 0.2) is 0 Å². The highest BCUT2D eigenvalue weighted by atomic mass is 35.5. The maximum Gasteiger partial charge on any atom is 0.240 e. The van der Waals surface area contributed by atoms with Gasteiger partial charge in [0.05, 0.1) is 11.0 Å². The maximum absolute atomic E-state index is 12.4. The van der Waals surface area contributed by atoms with Crippen LogP contribution in [-0.4, -0.2) is 33.7 Å². The van der Waals surface area contributed by atoms with Gasteiger partial charge in [0.1, 0.15) is 5.75 Å². The second-order valence-corrected chi connectivity index (χ2v) is 7.94. The van der Waals surface area contributed by atoms with Crippen LogP contribution < -0.4 is 14.8 Å². The number of fused-ring (bicyclic) bond motifs is 1. The number of rotatable bonds is 5. The SMILES string of the molecule is Cc1cc(S(=O)(=O)NC2C3CNCC32)ccc1OC(C)C.Cl. The summed E-state index contributed by atoms with van der Waals surface area (Å²) in [7, 11) is -3.44. The zero-order chi connectivity index (χ0) is 15.2. The third-order valence-corrected chi connectivity index (χ3v) is 5.66. The number of benzene rings is 1. The first-order valence-corrected chi connectivity index (χ1v) is 8.87. The van der Waals surface area contributed by atoms with Crippen LogP contribution in [0.25, 0.3) is 0 Å². The van der Waals surface area contributed by atoms with Gasteiger partial charge < -0.3 is 10.1 Å². The molecule has 124 valence electrons. The fourth-order valence-corrected chi connectivity index (χ4v) is 4.44. The van der Waals surface area contributed by atoms with Gasteiger partial charge in [-0.3, -0.25) is 0 Å². The van der Waals surface area contributed by atoms with Crippen molar-refractivity contribution in [2.45, 2.75) is 37.8 Å². The van der Waals surface area contributed by atoms with Crippen LogP contribution in [0.4, 0.5) is 0 Å². The van der Waals surface area contributed by atoms with Gasteiger partial charge in [-0.2, -0.15) is 0 Å². The van der Waals surface area contributed by atoms with Crippen molar-refractivity contribution < 1.29 is 13.2 Å². The number of hydrogen-bond donors (Lipinski definition) is 2. The van der Waals surface area contributed by atoms with Crippen molar-refractivity contribution in [1.29, 1.82) is 0 Å². The van der Waals surface area contributed by atoms with Crippen LogP contribution in [0.5, 0.6) is 5.75 Å². The Balaban J connectivity index is 0.00000176. The molecule has 1 aliphatic carbocycles. The van der Waals surface area contributed by atoms with Gasteiger partial charge in [0.25, 0.3) is 0 Å². The number of nitrogens with one attached hydrogen (secondary N) is 2. The van der Waals surface area contributed by atoms with Crippen LogP contribution in [0, 0.1) is 18.8 Å². The maximum atomic E-state index is 12.4. The van der Waals surface area contributed by atoms with Crippen LogP contribution in [-0.2, 0) is 10.0 Å². The summed E-state index contributed by atoms with van der Waals surface area (Å²) in [5.74, 6) is 1.66. The average Bonchev–Trinajstić information content (AvgIpc) is 2.85. The zero-order valence-electron chi connectivity index (χ0n) is 13.0. The number of sulfonamides is 1. The van der Waals surface area contributed by atoms with Crippen molar-refractivity contribution >= 4 is 22.4 Å². The molecule has 7 heteroatoms. The van der Waals surface area contributed by atoms with Gasteiger partial charge in [-0.1, -0.05) is 0 Å². The lowest BCUT2D eigenvalue weighted by molar-refractivity contribution is 0.240. The topological polar surface area (TPSA) is 67.4 Å². The highest BCUT2D eigenvalue weighted by molar-refractivity contribution is 7.89. The molecule has 2 fully saturated rings. The lowest BCUT2D eigenvalue weighted by Crippen LogP contribution is -2.32. The summed E-state index contributed by atoms with van der Waals surface area (Å²) in [6, 6.07) is 5.13. The summed E-state index contributed by atoms with van der Waals surface area (Å²) in [6.07, 6.45) is 0.0719. The minimum absolute atomic E-state index is 0. The first-order chi connectivity index (χ1) is 9.88. The van der Waals surface area contributed by atoms with Gasteiger partial charge >= 0.3 is 0 Å². The summed E-state index contributed by atoms with van der Waals surface area (Å²) in [5.41, 5.74) is 0.837. The lowest BCUT2D eigenvalue weighted by Gasteiger charge is -2.14. The van der Waals surface area contributed by atoms with E-state index < -0.39 is 10.0 Å². The standard InChI is InChI=1S/C15H22N2O3S.ClH/c1-9(2)20-14-5-4-11(6-10(14)3)21(18,19)17-15-12-7-16-8-13(12)15;/h4-6,9,12-13,15-17H,7-8H2,1-3H3;1H. The van der Waals surface area contributed by atoms with E-state index in [0.717, 1.165) is 24.4 Å². The van der Waals surface area contributed by atoms with Crippen molar-refractivity contribution in [2.24, 2.45) is 11.8 Å². The molecule has 2 N–H and O–H groups in total. The molecule has 1 aromatic carbocycles. The van der Waals surface area contributed by atoms with Gasteiger partial charge in [-0.25, -0.2) is 13.1 Å². The number of hydrogen-bond acceptors (Lipinski definition) is 4. The smallest absolute Gasteiger partial charge is 0.240 e. The Morgan fingerprint density at radius 3 is 2.45 bits per heavy atom. The van der Waals surface area contributed by atoms with E-state index in [9.17, 15) is 8.42 Å². The third-order valence-electron chi connectivity index (χ3n) is 4.20. The van der Waals surface area contributed by atoms with E-state index in [2.05, 4.69) is 10.0 Å². The Morgan fingerprint density at radius 2 is 1.91 bits per heavy atom. The zero-order valence-corrected chi connectivity index (χ0v) is 14.6. The van der Waals surface area contributed by atoms with E-state index in [0.29, 0.717) is 16.7 Å². The molecule has 0 bridgehead atoms. The van der Waals surface area contributed by atoms with Crippen molar-refractivity contribution in [3.63, 3.8) is 0 Å². The third kappa shape index (κ3) is 3.40. The molecule has 0 radical (unpaired) electrons. The second kappa shape index (κ2) is 6.35. The molecule has 1 saturated carbocycles. The van der Waals surface area contributed by atoms with Crippen LogP contribution in [0.2, 0.25) is 0 Å². The lowest BCUT2D eigenvalue weighted by atomic mass is 10.2. The van der Waals surface area contributed by atoms with Crippen LogP contribution in [0.3, 0.4) is 0 Å². The summed E-state index contributed by atoms with van der Waals surface area (Å²) < 4.78 is 33.3. The quantitative estimate of drug-likeness (QED) is 0.851. The molecular weight excluding hydrogens is 324 g/mol. The predicted octanol–water partition coefficient (Wildman–Crippen LogP) is 1.70. The first kappa shape index (κ1) is 17.5. The molecule has 1 aliphatic heterocycles. The first-order valence-electron chi connectivity index (χ1n) is 7.39. The van der Waals surface area contributed by atoms with E-state index in [1.165, 1.54) is 0 Å². The summed E-state index contributed by atoms with van der Waals surface area (Å²) >= 11 is 0. The highest BCUT2D eigenvalue weighted by Gasteiger charge is 2.54. The fraction of sp³-hybridized carbons (Fsp3) is 0.600. The van der Waals surface area contributed by atoms with E-state index in [1.54, 1.807) is 18.2 Å². The Hall–Kier alpha value is -0.820. The van der Waals surface area contributed by atoms with Crippen molar-refractivity contribution in [1.82, 2.24) is 10.0 Å². The molecule has 5 nitrogen and oxygen atoms in total. The number of ether oxygens (including phenoxy) is 1. The van der Waals surface area contributed by atoms with E-state index in [-0.39, 0.29) is 24.6 Å². The molecule has 2 aliphatic rings. The average molecular weight is 347 g/mol. The van der Waals surface area contributed by atoms with Crippen LogP contribution in [0.15, 0.2) is 23.1 Å². The molecule has 2 atom stereocenters. The van der Waals surface area contributed by atoms with Crippen LogP contribution >= 0.6 is 12.4 Å². The fourth-order valence-electron chi connectivity index (χ4n) is 3.02. The molecule has 1 saturated heterocycles. The monoisotopic (exact) mass is 346 g/mol. The Morgan fingerprint density at radius 1 is 1.27 bits per heavy atom. The molecular formula is C15H23ClN2O3S. The molecule has 0 aromatic heterocycles. The van der Waals surface area contributed by atoms with Crippen molar-refractivity contribution in [3.05, 3.63) is 23.8 Å². The predicted molar refractivity (Wildman–Crippen MR) is 88.2 cm³/mol. The summed E-state index contributed by atoms with van der Waals surface area (Å²) in [4.78, 5) is 0.314. The van der Waals surface area contributed by atoms with Gasteiger partial charge in [-0.15, -0.1) is 12.4 Å². The molecule has 0 amide bonds. The number of halogens is 1. The number of piperidine rings is 1. The summed E-state index contributed by atoms with van der Waals surface area (Å²) in [6.45, 7) is 7.60. The Kier molecular flexibility index (Phi) is 5.06. The Labute approximate surface area is 138 Å². The molecule has 0 spiro atoms. The molecule has 3 rings (SSSR count). The molecule has 1 aromatic rings. The van der Waals surface area contributed by atoms with Crippen molar-refractivity contribution in [3.8, 4) is 5.75 Å². The van der Waals surface area contributed by atoms with E-state index >= 15 is 0 Å². The van der Waals surface area contributed by atoms with Gasteiger partial charge in [0, 0.05) is 6.04 Å². The second-order valence-electron chi connectivity index (χ2n) is 6.23. The minimum Gasteiger partial charge on any atom is -0.491 e. The molecule has 22 heavy (non-hydrogen) atoms. The molecule has 1 heterocycles.